The lowest BCUT2D eigenvalue weighted by Gasteiger charge is -2.35. The number of pyridine rings is 1. The fraction of sp³-hybridized carbons (Fsp3) is 0.308. The van der Waals surface area contributed by atoms with Crippen molar-refractivity contribution in [3.05, 3.63) is 99.9 Å². The number of nitro benzene ring substituents is 1. The fourth-order valence-corrected chi connectivity index (χ4v) is 4.20. The first-order chi connectivity index (χ1) is 17.0. The van der Waals surface area contributed by atoms with Crippen LogP contribution in [0.15, 0.2) is 72.9 Å². The van der Waals surface area contributed by atoms with Gasteiger partial charge in [0.25, 0.3) is 11.6 Å². The Morgan fingerprint density at radius 3 is 2.54 bits per heavy atom. The molecule has 1 saturated heterocycles. The van der Waals surface area contributed by atoms with E-state index >= 15 is 0 Å². The fourth-order valence-electron chi connectivity index (χ4n) is 4.20. The minimum atomic E-state index is -0.481. The third-order valence-corrected chi connectivity index (χ3v) is 6.09. The number of ether oxygens (including phenoxy) is 1. The molecule has 0 aliphatic carbocycles. The van der Waals surface area contributed by atoms with E-state index in [0.29, 0.717) is 25.4 Å². The van der Waals surface area contributed by atoms with E-state index in [1.165, 1.54) is 6.07 Å². The van der Waals surface area contributed by atoms with Crippen molar-refractivity contribution in [2.24, 2.45) is 0 Å². The van der Waals surface area contributed by atoms with E-state index in [0.717, 1.165) is 24.3 Å². The molecule has 0 saturated carbocycles. The summed E-state index contributed by atoms with van der Waals surface area (Å²) < 4.78 is 5.48. The van der Waals surface area contributed by atoms with E-state index < -0.39 is 4.92 Å². The molecule has 1 aliphatic rings. The van der Waals surface area contributed by atoms with Crippen LogP contribution < -0.4 is 10.6 Å². The van der Waals surface area contributed by atoms with Crippen molar-refractivity contribution in [3.8, 4) is 0 Å². The Bertz CT molecular complexity index is 1140. The number of amides is 1. The monoisotopic (exact) mass is 475 g/mol. The molecule has 0 radical (unpaired) electrons. The van der Waals surface area contributed by atoms with Crippen LogP contribution in [-0.2, 0) is 4.74 Å². The molecule has 4 rings (SSSR count). The third kappa shape index (κ3) is 6.20. The van der Waals surface area contributed by atoms with Gasteiger partial charge in [0.1, 0.15) is 5.69 Å². The van der Waals surface area contributed by atoms with Crippen molar-refractivity contribution in [1.82, 2.24) is 15.2 Å². The SMILES string of the molecule is CC(Nc1ccc(C(=O)NCC(c2ccccc2)N2CCOCC2)cc1[N+](=O)[O-])c1ccccn1. The number of nitrogens with one attached hydrogen (secondary N) is 2. The maximum Gasteiger partial charge on any atom is 0.293 e. The Morgan fingerprint density at radius 1 is 1.11 bits per heavy atom. The van der Waals surface area contributed by atoms with E-state index in [9.17, 15) is 14.9 Å². The summed E-state index contributed by atoms with van der Waals surface area (Å²) in [6.07, 6.45) is 1.68. The normalized spacial score (nSPS) is 15.7. The van der Waals surface area contributed by atoms with Gasteiger partial charge >= 0.3 is 0 Å². The number of morpholine rings is 1. The Labute approximate surface area is 204 Å². The molecule has 35 heavy (non-hydrogen) atoms. The van der Waals surface area contributed by atoms with Crippen molar-refractivity contribution in [1.29, 1.82) is 0 Å². The zero-order valence-corrected chi connectivity index (χ0v) is 19.6. The predicted molar refractivity (Wildman–Crippen MR) is 133 cm³/mol. The lowest BCUT2D eigenvalue weighted by atomic mass is 10.0. The Morgan fingerprint density at radius 2 is 1.86 bits per heavy atom. The average molecular weight is 476 g/mol. The summed E-state index contributed by atoms with van der Waals surface area (Å²) in [6, 6.07) is 19.8. The number of nitrogens with zero attached hydrogens (tertiary/aromatic N) is 3. The Hall–Kier alpha value is -3.82. The number of aromatic nitrogens is 1. The molecular weight excluding hydrogens is 446 g/mol. The highest BCUT2D eigenvalue weighted by atomic mass is 16.6. The van der Waals surface area contributed by atoms with Crippen LogP contribution in [0.2, 0.25) is 0 Å². The summed E-state index contributed by atoms with van der Waals surface area (Å²) >= 11 is 0. The molecule has 9 heteroatoms. The van der Waals surface area contributed by atoms with E-state index in [1.807, 2.05) is 55.5 Å². The molecule has 9 nitrogen and oxygen atoms in total. The van der Waals surface area contributed by atoms with Crippen LogP contribution in [0.4, 0.5) is 11.4 Å². The second-order valence-electron chi connectivity index (χ2n) is 8.39. The number of hydrogen-bond acceptors (Lipinski definition) is 7. The topological polar surface area (TPSA) is 110 Å². The van der Waals surface area contributed by atoms with Crippen LogP contribution in [-0.4, -0.2) is 53.6 Å². The van der Waals surface area contributed by atoms with Crippen LogP contribution in [0.1, 0.15) is 40.6 Å². The van der Waals surface area contributed by atoms with E-state index in [2.05, 4.69) is 20.5 Å². The van der Waals surface area contributed by atoms with Gasteiger partial charge in [-0.3, -0.25) is 24.8 Å². The third-order valence-electron chi connectivity index (χ3n) is 6.09. The van der Waals surface area contributed by atoms with Gasteiger partial charge in [-0.1, -0.05) is 36.4 Å². The maximum absolute atomic E-state index is 13.0. The molecule has 2 N–H and O–H groups in total. The summed E-state index contributed by atoms with van der Waals surface area (Å²) in [5.41, 5.74) is 2.28. The van der Waals surface area contributed by atoms with Gasteiger partial charge in [0.2, 0.25) is 0 Å². The summed E-state index contributed by atoms with van der Waals surface area (Å²) in [6.45, 7) is 5.10. The van der Waals surface area contributed by atoms with Gasteiger partial charge in [-0.15, -0.1) is 0 Å². The van der Waals surface area contributed by atoms with Gasteiger partial charge < -0.3 is 15.4 Å². The van der Waals surface area contributed by atoms with Crippen molar-refractivity contribution in [2.75, 3.05) is 38.2 Å². The van der Waals surface area contributed by atoms with Crippen LogP contribution in [0.3, 0.4) is 0 Å². The number of rotatable bonds is 9. The zero-order chi connectivity index (χ0) is 24.6. The van der Waals surface area contributed by atoms with Crippen LogP contribution >= 0.6 is 0 Å². The summed E-state index contributed by atoms with van der Waals surface area (Å²) in [5, 5.41) is 17.9. The quantitative estimate of drug-likeness (QED) is 0.356. The second kappa shape index (κ2) is 11.5. The second-order valence-corrected chi connectivity index (χ2v) is 8.39. The minimum Gasteiger partial charge on any atom is -0.379 e. The summed E-state index contributed by atoms with van der Waals surface area (Å²) in [5.74, 6) is -0.355. The molecule has 2 aromatic carbocycles. The lowest BCUT2D eigenvalue weighted by molar-refractivity contribution is -0.384. The zero-order valence-electron chi connectivity index (χ0n) is 19.6. The molecule has 2 unspecified atom stereocenters. The smallest absolute Gasteiger partial charge is 0.293 e. The number of hydrogen-bond donors (Lipinski definition) is 2. The standard InChI is InChI=1S/C26H29N5O4/c1-19(22-9-5-6-12-27-22)29-23-11-10-21(17-24(23)31(33)34)26(32)28-18-25(20-7-3-2-4-8-20)30-13-15-35-16-14-30/h2-12,17,19,25,29H,13-16,18H2,1H3,(H,28,32). The van der Waals surface area contributed by atoms with Crippen molar-refractivity contribution in [3.63, 3.8) is 0 Å². The number of benzene rings is 2. The van der Waals surface area contributed by atoms with Gasteiger partial charge in [0.15, 0.2) is 0 Å². The van der Waals surface area contributed by atoms with Crippen molar-refractivity contribution in [2.45, 2.75) is 19.0 Å². The Balaban J connectivity index is 1.48. The first-order valence-corrected chi connectivity index (χ1v) is 11.6. The number of carbonyl (C=O) groups excluding carboxylic acids is 1. The highest BCUT2D eigenvalue weighted by Crippen LogP contribution is 2.29. The van der Waals surface area contributed by atoms with Gasteiger partial charge in [-0.25, -0.2) is 0 Å². The minimum absolute atomic E-state index is 0.0146. The van der Waals surface area contributed by atoms with Gasteiger partial charge in [0.05, 0.1) is 35.9 Å². The van der Waals surface area contributed by atoms with Gasteiger partial charge in [-0.2, -0.15) is 0 Å². The molecule has 0 bridgehead atoms. The molecule has 2 atom stereocenters. The molecule has 1 aliphatic heterocycles. The van der Waals surface area contributed by atoms with E-state index in [1.54, 1.807) is 18.3 Å². The largest absolute Gasteiger partial charge is 0.379 e. The average Bonchev–Trinajstić information content (AvgIpc) is 2.90. The van der Waals surface area contributed by atoms with Crippen molar-refractivity contribution >= 4 is 17.3 Å². The summed E-state index contributed by atoms with van der Waals surface area (Å²) in [7, 11) is 0. The molecule has 2 heterocycles. The first-order valence-electron chi connectivity index (χ1n) is 11.6. The van der Waals surface area contributed by atoms with E-state index in [4.69, 9.17) is 4.74 Å². The number of anilines is 1. The highest BCUT2D eigenvalue weighted by molar-refractivity contribution is 5.95. The molecule has 1 fully saturated rings. The molecular formula is C26H29N5O4. The molecule has 0 spiro atoms. The lowest BCUT2D eigenvalue weighted by Crippen LogP contribution is -2.43. The van der Waals surface area contributed by atoms with E-state index in [-0.39, 0.29) is 29.2 Å². The van der Waals surface area contributed by atoms with Crippen molar-refractivity contribution < 1.29 is 14.5 Å². The number of carbonyl (C=O) groups is 1. The Kier molecular flexibility index (Phi) is 8.02. The van der Waals surface area contributed by atoms with Crippen LogP contribution in [0.5, 0.6) is 0 Å². The highest BCUT2D eigenvalue weighted by Gasteiger charge is 2.24. The van der Waals surface area contributed by atoms with Gasteiger partial charge in [-0.05, 0) is 36.8 Å². The first kappa shape index (κ1) is 24.3. The molecule has 1 aromatic heterocycles. The maximum atomic E-state index is 13.0. The molecule has 1 amide bonds. The molecule has 3 aromatic rings. The predicted octanol–water partition coefficient (Wildman–Crippen LogP) is 3.97. The number of nitro groups is 1. The molecule has 182 valence electrons. The van der Waals surface area contributed by atoms with Crippen LogP contribution in [0.25, 0.3) is 0 Å². The van der Waals surface area contributed by atoms with Crippen LogP contribution in [0, 0.1) is 10.1 Å². The summed E-state index contributed by atoms with van der Waals surface area (Å²) in [4.78, 5) is 30.9. The van der Waals surface area contributed by atoms with Gasteiger partial charge in [0, 0.05) is 37.5 Å².